The Kier molecular flexibility index (Phi) is 4.18. The Morgan fingerprint density at radius 1 is 0.500 bits per heavy atom. The average Bonchev–Trinajstić information content (AvgIpc) is 2.82. The number of phenols is 2. The maximum Gasteiger partial charge on any atom is 0.124 e. The van der Waals surface area contributed by atoms with Crippen LogP contribution < -0.4 is 9.47 Å². The van der Waals surface area contributed by atoms with Gasteiger partial charge in [-0.15, -0.1) is 0 Å². The van der Waals surface area contributed by atoms with Crippen molar-refractivity contribution in [1.82, 2.24) is 0 Å². The molecule has 6 bridgehead atoms. The Hall–Kier alpha value is -4.18. The summed E-state index contributed by atoms with van der Waals surface area (Å²) in [7, 11) is 0. The maximum atomic E-state index is 10.9. The molecule has 0 radical (unpaired) electrons. The molecule has 4 nitrogen and oxygen atoms in total. The lowest BCUT2D eigenvalue weighted by Crippen LogP contribution is -1.99. The highest BCUT2D eigenvalue weighted by molar-refractivity contribution is 6.10. The second-order valence-electron chi connectivity index (χ2n) is 8.08. The first-order chi connectivity index (χ1) is 15.7. The van der Waals surface area contributed by atoms with Crippen LogP contribution in [-0.4, -0.2) is 10.2 Å². The third-order valence-electron chi connectivity index (χ3n) is 6.03. The summed E-state index contributed by atoms with van der Waals surface area (Å²) in [6, 6.07) is 26.9. The third kappa shape index (κ3) is 3.08. The molecule has 7 rings (SSSR count). The number of benzene rings is 5. The summed E-state index contributed by atoms with van der Waals surface area (Å²) < 4.78 is 12.1. The highest BCUT2D eigenvalue weighted by atomic mass is 16.5. The van der Waals surface area contributed by atoms with Crippen LogP contribution in [0.15, 0.2) is 84.9 Å². The molecule has 2 heterocycles. The first-order valence-corrected chi connectivity index (χ1v) is 10.5. The Balaban J connectivity index is 1.68. The first kappa shape index (κ1) is 18.6. The van der Waals surface area contributed by atoms with Crippen molar-refractivity contribution in [3.63, 3.8) is 0 Å². The van der Waals surface area contributed by atoms with Crippen molar-refractivity contribution in [3.05, 3.63) is 96.1 Å². The third-order valence-corrected chi connectivity index (χ3v) is 6.03. The number of ether oxygens (including phenoxy) is 2. The molecule has 5 aromatic carbocycles. The number of aromatic hydroxyl groups is 2. The van der Waals surface area contributed by atoms with E-state index in [1.165, 1.54) is 0 Å². The van der Waals surface area contributed by atoms with Crippen molar-refractivity contribution in [1.29, 1.82) is 0 Å². The molecule has 0 aromatic heterocycles. The summed E-state index contributed by atoms with van der Waals surface area (Å²) in [5.74, 6) is 1.59. The zero-order valence-electron chi connectivity index (χ0n) is 17.2. The van der Waals surface area contributed by atoms with Gasteiger partial charge in [0.15, 0.2) is 0 Å². The highest BCUT2D eigenvalue weighted by Gasteiger charge is 2.18. The van der Waals surface area contributed by atoms with E-state index in [2.05, 4.69) is 0 Å². The molecule has 0 unspecified atom stereocenters. The van der Waals surface area contributed by atoms with E-state index >= 15 is 0 Å². The Morgan fingerprint density at radius 2 is 0.906 bits per heavy atom. The summed E-state index contributed by atoms with van der Waals surface area (Å²) in [6.07, 6.45) is 0. The standard InChI is InChI=1S/C28H20O4/c29-25-11-7-19-5-9-21-13-23(19)27(25)28-24-14-22(10-6-20(24)8-12-26(28)30)32-16-18-2-1-17(3-4-18)15-31-21/h1-14,29-30H,15-16H2. The lowest BCUT2D eigenvalue weighted by molar-refractivity contribution is 0.303. The van der Waals surface area contributed by atoms with Crippen molar-refractivity contribution in [2.24, 2.45) is 0 Å². The van der Waals surface area contributed by atoms with E-state index in [0.717, 1.165) is 32.7 Å². The zero-order chi connectivity index (χ0) is 21.7. The molecule has 0 amide bonds. The molecule has 32 heavy (non-hydrogen) atoms. The molecule has 2 N–H and O–H groups in total. The summed E-state index contributed by atoms with van der Waals surface area (Å²) in [5, 5.41) is 25.3. The minimum Gasteiger partial charge on any atom is -0.507 e. The summed E-state index contributed by atoms with van der Waals surface area (Å²) >= 11 is 0. The Morgan fingerprint density at radius 3 is 1.34 bits per heavy atom. The maximum absolute atomic E-state index is 10.9. The number of fused-ring (bicyclic) bond motifs is 4. The van der Waals surface area contributed by atoms with Crippen molar-refractivity contribution >= 4 is 21.5 Å². The van der Waals surface area contributed by atoms with E-state index in [1.54, 1.807) is 12.1 Å². The van der Waals surface area contributed by atoms with Gasteiger partial charge in [-0.05, 0) is 69.1 Å². The van der Waals surface area contributed by atoms with Crippen molar-refractivity contribution < 1.29 is 19.7 Å². The van der Waals surface area contributed by atoms with Gasteiger partial charge in [-0.1, -0.05) is 48.5 Å². The fourth-order valence-corrected chi connectivity index (χ4v) is 4.34. The van der Waals surface area contributed by atoms with E-state index in [0.29, 0.717) is 35.8 Å². The Bertz CT molecular complexity index is 1370. The van der Waals surface area contributed by atoms with Crippen LogP contribution in [0.5, 0.6) is 23.0 Å². The first-order valence-electron chi connectivity index (χ1n) is 10.5. The predicted molar refractivity (Wildman–Crippen MR) is 125 cm³/mol. The van der Waals surface area contributed by atoms with Gasteiger partial charge in [0.2, 0.25) is 0 Å². The molecule has 2 aliphatic heterocycles. The van der Waals surface area contributed by atoms with Crippen molar-refractivity contribution in [2.45, 2.75) is 13.2 Å². The molecule has 156 valence electrons. The fourth-order valence-electron chi connectivity index (χ4n) is 4.34. The molecule has 4 heteroatoms. The van der Waals surface area contributed by atoms with E-state index in [9.17, 15) is 10.2 Å². The van der Waals surface area contributed by atoms with Crippen LogP contribution in [0.3, 0.4) is 0 Å². The minimum atomic E-state index is 0.0970. The second kappa shape index (κ2) is 7.20. The van der Waals surface area contributed by atoms with Crippen LogP contribution in [0.1, 0.15) is 11.1 Å². The van der Waals surface area contributed by atoms with Gasteiger partial charge < -0.3 is 19.7 Å². The Labute approximate surface area is 184 Å². The summed E-state index contributed by atoms with van der Waals surface area (Å²) in [4.78, 5) is 0. The van der Waals surface area contributed by atoms with Crippen LogP contribution in [0.2, 0.25) is 0 Å². The molecule has 0 spiro atoms. The summed E-state index contributed by atoms with van der Waals surface area (Å²) in [6.45, 7) is 0.862. The van der Waals surface area contributed by atoms with Gasteiger partial charge in [0.1, 0.15) is 36.2 Å². The van der Waals surface area contributed by atoms with Crippen LogP contribution >= 0.6 is 0 Å². The fraction of sp³-hybridized carbons (Fsp3) is 0.0714. The van der Waals surface area contributed by atoms with E-state index in [4.69, 9.17) is 9.47 Å². The van der Waals surface area contributed by atoms with Crippen LogP contribution in [0.25, 0.3) is 32.7 Å². The molecule has 2 aliphatic rings. The normalized spacial score (nSPS) is 12.9. The van der Waals surface area contributed by atoms with Gasteiger partial charge in [-0.2, -0.15) is 0 Å². The molecule has 0 fully saturated rings. The molecule has 0 saturated heterocycles. The summed E-state index contributed by atoms with van der Waals surface area (Å²) in [5.41, 5.74) is 3.26. The van der Waals surface area contributed by atoms with Crippen LogP contribution in [-0.2, 0) is 13.2 Å². The van der Waals surface area contributed by atoms with Crippen molar-refractivity contribution in [3.8, 4) is 34.1 Å². The smallest absolute Gasteiger partial charge is 0.124 e. The predicted octanol–water partition coefficient (Wildman–Crippen LogP) is 6.54. The van der Waals surface area contributed by atoms with E-state index in [-0.39, 0.29) is 11.5 Å². The largest absolute Gasteiger partial charge is 0.507 e. The number of rotatable bonds is 0. The van der Waals surface area contributed by atoms with Gasteiger partial charge in [0.05, 0.1) is 0 Å². The van der Waals surface area contributed by atoms with Gasteiger partial charge in [-0.25, -0.2) is 0 Å². The van der Waals surface area contributed by atoms with Gasteiger partial charge >= 0.3 is 0 Å². The van der Waals surface area contributed by atoms with Gasteiger partial charge in [0, 0.05) is 11.1 Å². The molecular formula is C28H20O4. The van der Waals surface area contributed by atoms with Crippen LogP contribution in [0.4, 0.5) is 0 Å². The van der Waals surface area contributed by atoms with E-state index in [1.807, 2.05) is 72.8 Å². The molecule has 0 aliphatic carbocycles. The quantitative estimate of drug-likeness (QED) is 0.299. The van der Waals surface area contributed by atoms with E-state index < -0.39 is 0 Å². The molecular weight excluding hydrogens is 400 g/mol. The topological polar surface area (TPSA) is 58.9 Å². The lowest BCUT2D eigenvalue weighted by atomic mass is 9.92. The lowest BCUT2D eigenvalue weighted by Gasteiger charge is -2.16. The molecule has 0 saturated carbocycles. The van der Waals surface area contributed by atoms with Gasteiger partial charge in [-0.3, -0.25) is 0 Å². The minimum absolute atomic E-state index is 0.0970. The second-order valence-corrected chi connectivity index (χ2v) is 8.08. The van der Waals surface area contributed by atoms with Gasteiger partial charge in [0.25, 0.3) is 0 Å². The molecule has 0 atom stereocenters. The number of hydrogen-bond donors (Lipinski definition) is 2. The highest BCUT2D eigenvalue weighted by Crippen LogP contribution is 2.46. The zero-order valence-corrected chi connectivity index (χ0v) is 17.2. The number of phenolic OH excluding ortho intramolecular Hbond substituents is 2. The van der Waals surface area contributed by atoms with Crippen LogP contribution in [0, 0.1) is 0 Å². The monoisotopic (exact) mass is 420 g/mol. The van der Waals surface area contributed by atoms with Crippen molar-refractivity contribution in [2.75, 3.05) is 0 Å². The number of hydrogen-bond acceptors (Lipinski definition) is 4. The SMILES string of the molecule is Oc1ccc2ccc3cc2c1-c1c(O)ccc2ccc(cc12)OCc1ccc(cc1)CO3. The molecule has 5 aromatic rings. The average molecular weight is 420 g/mol.